The molecule has 2 fully saturated rings. The SMILES string of the molecule is Cn1cc(C(=O)N2CCCC2CC(=O)O)c(C2CCCCC2)n1. The summed E-state index contributed by atoms with van der Waals surface area (Å²) in [5.41, 5.74) is 1.59. The van der Waals surface area contributed by atoms with Crippen molar-refractivity contribution in [3.8, 4) is 0 Å². The van der Waals surface area contributed by atoms with Gasteiger partial charge in [0, 0.05) is 31.7 Å². The third kappa shape index (κ3) is 3.41. The highest BCUT2D eigenvalue weighted by molar-refractivity contribution is 5.96. The quantitative estimate of drug-likeness (QED) is 0.925. The van der Waals surface area contributed by atoms with E-state index in [1.54, 1.807) is 9.58 Å². The minimum Gasteiger partial charge on any atom is -0.481 e. The zero-order valence-electron chi connectivity index (χ0n) is 13.7. The molecule has 1 aliphatic heterocycles. The topological polar surface area (TPSA) is 75.4 Å². The van der Waals surface area contributed by atoms with Gasteiger partial charge >= 0.3 is 5.97 Å². The van der Waals surface area contributed by atoms with Crippen molar-refractivity contribution >= 4 is 11.9 Å². The molecule has 0 radical (unpaired) electrons. The van der Waals surface area contributed by atoms with Crippen LogP contribution in [0.4, 0.5) is 0 Å². The van der Waals surface area contributed by atoms with Crippen molar-refractivity contribution in [3.63, 3.8) is 0 Å². The molecule has 6 nitrogen and oxygen atoms in total. The van der Waals surface area contributed by atoms with E-state index in [1.807, 2.05) is 13.2 Å². The molecule has 0 spiro atoms. The van der Waals surface area contributed by atoms with Gasteiger partial charge in [0.05, 0.1) is 17.7 Å². The Hall–Kier alpha value is -1.85. The molecule has 1 N–H and O–H groups in total. The molecule has 1 saturated heterocycles. The third-order valence-electron chi connectivity index (χ3n) is 5.13. The van der Waals surface area contributed by atoms with Crippen molar-refractivity contribution < 1.29 is 14.7 Å². The van der Waals surface area contributed by atoms with Crippen LogP contribution in [0.15, 0.2) is 6.20 Å². The summed E-state index contributed by atoms with van der Waals surface area (Å²) in [6, 6.07) is -0.181. The van der Waals surface area contributed by atoms with Crippen molar-refractivity contribution in [2.75, 3.05) is 6.54 Å². The number of hydrogen-bond acceptors (Lipinski definition) is 3. The fraction of sp³-hybridized carbons (Fsp3) is 0.706. The number of rotatable bonds is 4. The van der Waals surface area contributed by atoms with E-state index in [2.05, 4.69) is 5.10 Å². The second-order valence-corrected chi connectivity index (χ2v) is 6.83. The first-order valence-electron chi connectivity index (χ1n) is 8.62. The van der Waals surface area contributed by atoms with Gasteiger partial charge in [0.1, 0.15) is 0 Å². The van der Waals surface area contributed by atoms with E-state index in [0.29, 0.717) is 18.0 Å². The lowest BCUT2D eigenvalue weighted by Crippen LogP contribution is -2.37. The molecule has 1 aromatic heterocycles. The second kappa shape index (κ2) is 6.72. The molecule has 126 valence electrons. The van der Waals surface area contributed by atoms with Crippen LogP contribution in [0, 0.1) is 0 Å². The number of carbonyl (C=O) groups excluding carboxylic acids is 1. The van der Waals surface area contributed by atoms with Gasteiger partial charge in [-0.2, -0.15) is 5.10 Å². The minimum atomic E-state index is -0.839. The summed E-state index contributed by atoms with van der Waals surface area (Å²) in [5.74, 6) is -0.514. The Balaban J connectivity index is 1.82. The number of aliphatic carboxylic acids is 1. The van der Waals surface area contributed by atoms with Crippen LogP contribution in [0.1, 0.15) is 73.3 Å². The van der Waals surface area contributed by atoms with Crippen molar-refractivity contribution in [1.82, 2.24) is 14.7 Å². The van der Waals surface area contributed by atoms with Gasteiger partial charge < -0.3 is 10.0 Å². The summed E-state index contributed by atoms with van der Waals surface area (Å²) >= 11 is 0. The van der Waals surface area contributed by atoms with Crippen molar-refractivity contribution in [1.29, 1.82) is 0 Å². The molecule has 1 atom stereocenters. The Morgan fingerprint density at radius 3 is 2.65 bits per heavy atom. The van der Waals surface area contributed by atoms with Crippen LogP contribution < -0.4 is 0 Å². The van der Waals surface area contributed by atoms with E-state index < -0.39 is 5.97 Å². The van der Waals surface area contributed by atoms with Crippen LogP contribution in [0.3, 0.4) is 0 Å². The van der Waals surface area contributed by atoms with Gasteiger partial charge in [-0.05, 0) is 25.7 Å². The zero-order valence-corrected chi connectivity index (χ0v) is 13.7. The average Bonchev–Trinajstić information content (AvgIpc) is 3.13. The van der Waals surface area contributed by atoms with Gasteiger partial charge in [0.15, 0.2) is 0 Å². The fourth-order valence-corrected chi connectivity index (χ4v) is 4.02. The van der Waals surface area contributed by atoms with E-state index in [4.69, 9.17) is 5.11 Å². The summed E-state index contributed by atoms with van der Waals surface area (Å²) in [5, 5.41) is 13.6. The highest BCUT2D eigenvalue weighted by atomic mass is 16.4. The van der Waals surface area contributed by atoms with Crippen molar-refractivity contribution in [2.45, 2.75) is 63.3 Å². The number of hydrogen-bond donors (Lipinski definition) is 1. The fourth-order valence-electron chi connectivity index (χ4n) is 4.02. The highest BCUT2D eigenvalue weighted by Gasteiger charge is 2.34. The standard InChI is InChI=1S/C17H25N3O3/c1-19-11-14(16(18-19)12-6-3-2-4-7-12)17(23)20-9-5-8-13(20)10-15(21)22/h11-13H,2-10H2,1H3,(H,21,22). The Bertz CT molecular complexity index is 590. The number of amides is 1. The van der Waals surface area contributed by atoms with Gasteiger partial charge in [-0.1, -0.05) is 19.3 Å². The summed E-state index contributed by atoms with van der Waals surface area (Å²) in [6.07, 6.45) is 9.33. The monoisotopic (exact) mass is 319 g/mol. The lowest BCUT2D eigenvalue weighted by Gasteiger charge is -2.25. The molecular formula is C17H25N3O3. The molecule has 6 heteroatoms. The second-order valence-electron chi connectivity index (χ2n) is 6.83. The maximum absolute atomic E-state index is 13.0. The predicted octanol–water partition coefficient (Wildman–Crippen LogP) is 2.55. The lowest BCUT2D eigenvalue weighted by atomic mass is 9.85. The molecule has 1 aliphatic carbocycles. The first kappa shape index (κ1) is 16.0. The average molecular weight is 319 g/mol. The Labute approximate surface area is 136 Å². The first-order valence-corrected chi connectivity index (χ1v) is 8.62. The van der Waals surface area contributed by atoms with Crippen LogP contribution in [0.5, 0.6) is 0 Å². The van der Waals surface area contributed by atoms with Gasteiger partial charge in [-0.3, -0.25) is 14.3 Å². The van der Waals surface area contributed by atoms with E-state index in [0.717, 1.165) is 31.4 Å². The Morgan fingerprint density at radius 1 is 1.22 bits per heavy atom. The molecule has 0 aromatic carbocycles. The molecule has 3 rings (SSSR count). The highest BCUT2D eigenvalue weighted by Crippen LogP contribution is 2.34. The maximum atomic E-state index is 13.0. The predicted molar refractivity (Wildman–Crippen MR) is 85.3 cm³/mol. The van der Waals surface area contributed by atoms with Gasteiger partial charge in [-0.25, -0.2) is 0 Å². The number of carbonyl (C=O) groups is 2. The molecule has 1 aromatic rings. The van der Waals surface area contributed by atoms with E-state index >= 15 is 0 Å². The van der Waals surface area contributed by atoms with Crippen LogP contribution >= 0.6 is 0 Å². The van der Waals surface area contributed by atoms with Gasteiger partial charge in [0.25, 0.3) is 5.91 Å². The number of aryl methyl sites for hydroxylation is 1. The van der Waals surface area contributed by atoms with Crippen molar-refractivity contribution in [2.24, 2.45) is 7.05 Å². The molecule has 23 heavy (non-hydrogen) atoms. The van der Waals surface area contributed by atoms with Crippen LogP contribution in [-0.4, -0.2) is 44.3 Å². The maximum Gasteiger partial charge on any atom is 0.305 e. The van der Waals surface area contributed by atoms with Crippen molar-refractivity contribution in [3.05, 3.63) is 17.5 Å². The first-order chi connectivity index (χ1) is 11.1. The molecule has 0 bridgehead atoms. The number of likely N-dealkylation sites (tertiary alicyclic amines) is 1. The van der Waals surface area contributed by atoms with Gasteiger partial charge in [0.2, 0.25) is 0 Å². The number of carboxylic acid groups (broad SMARTS) is 1. The van der Waals surface area contributed by atoms with E-state index in [9.17, 15) is 9.59 Å². The van der Waals surface area contributed by atoms with Crippen LogP contribution in [0.2, 0.25) is 0 Å². The molecule has 1 amide bonds. The Morgan fingerprint density at radius 2 is 1.96 bits per heavy atom. The zero-order chi connectivity index (χ0) is 16.4. The summed E-state index contributed by atoms with van der Waals surface area (Å²) in [7, 11) is 1.85. The third-order valence-corrected chi connectivity index (χ3v) is 5.13. The molecule has 2 aliphatic rings. The summed E-state index contributed by atoms with van der Waals surface area (Å²) in [4.78, 5) is 25.8. The van der Waals surface area contributed by atoms with E-state index in [-0.39, 0.29) is 18.4 Å². The smallest absolute Gasteiger partial charge is 0.305 e. The summed E-state index contributed by atoms with van der Waals surface area (Å²) in [6.45, 7) is 0.649. The van der Waals surface area contributed by atoms with Crippen LogP contribution in [-0.2, 0) is 11.8 Å². The number of nitrogens with zero attached hydrogens (tertiary/aromatic N) is 3. The minimum absolute atomic E-state index is 0.0325. The normalized spacial score (nSPS) is 22.5. The number of carboxylic acids is 1. The summed E-state index contributed by atoms with van der Waals surface area (Å²) < 4.78 is 1.72. The lowest BCUT2D eigenvalue weighted by molar-refractivity contribution is -0.137. The molecular weight excluding hydrogens is 294 g/mol. The largest absolute Gasteiger partial charge is 0.481 e. The van der Waals surface area contributed by atoms with Crippen LogP contribution in [0.25, 0.3) is 0 Å². The van der Waals surface area contributed by atoms with Gasteiger partial charge in [-0.15, -0.1) is 0 Å². The Kier molecular flexibility index (Phi) is 4.68. The molecule has 2 heterocycles. The molecule has 1 saturated carbocycles. The van der Waals surface area contributed by atoms with E-state index in [1.165, 1.54) is 19.3 Å². The molecule has 1 unspecified atom stereocenters. The number of aromatic nitrogens is 2.